The molecule has 2 aromatic heterocycles. The lowest BCUT2D eigenvalue weighted by molar-refractivity contribution is 0.799. The van der Waals surface area contributed by atoms with Gasteiger partial charge in [0.05, 0.1) is 0 Å². The first-order valence-corrected chi connectivity index (χ1v) is 5.73. The lowest BCUT2D eigenvalue weighted by Gasteiger charge is -2.00. The molecule has 0 amide bonds. The van der Waals surface area contributed by atoms with E-state index >= 15 is 0 Å². The second-order valence-corrected chi connectivity index (χ2v) is 4.33. The molecule has 0 saturated heterocycles. The predicted octanol–water partition coefficient (Wildman–Crippen LogP) is 1.85. The summed E-state index contributed by atoms with van der Waals surface area (Å²) in [7, 11) is 1.92. The second-order valence-electron chi connectivity index (χ2n) is 3.29. The van der Waals surface area contributed by atoms with Crippen molar-refractivity contribution in [1.82, 2.24) is 15.3 Å². The van der Waals surface area contributed by atoms with Crippen molar-refractivity contribution in [1.29, 1.82) is 0 Å². The third-order valence-corrected chi connectivity index (χ3v) is 2.93. The molecule has 0 aliphatic rings. The highest BCUT2D eigenvalue weighted by atomic mass is 32.1. The van der Waals surface area contributed by atoms with Crippen molar-refractivity contribution < 1.29 is 0 Å². The molecule has 0 aliphatic heterocycles. The van der Waals surface area contributed by atoms with Crippen LogP contribution in [0.3, 0.4) is 0 Å². The average Bonchev–Trinajstić information content (AvgIpc) is 2.74. The lowest BCUT2D eigenvalue weighted by Crippen LogP contribution is -2.06. The highest BCUT2D eigenvalue weighted by Crippen LogP contribution is 2.11. The van der Waals surface area contributed by atoms with Gasteiger partial charge in [0.2, 0.25) is 0 Å². The first-order valence-electron chi connectivity index (χ1n) is 4.85. The Kier molecular flexibility index (Phi) is 3.42. The van der Waals surface area contributed by atoms with Gasteiger partial charge in [-0.15, -0.1) is 11.3 Å². The maximum absolute atomic E-state index is 4.33. The minimum absolute atomic E-state index is 0.819. The van der Waals surface area contributed by atoms with Gasteiger partial charge in [0, 0.05) is 35.8 Å². The van der Waals surface area contributed by atoms with Gasteiger partial charge in [-0.25, -0.2) is 9.97 Å². The van der Waals surface area contributed by atoms with Gasteiger partial charge in [-0.2, -0.15) is 0 Å². The van der Waals surface area contributed by atoms with E-state index in [0.29, 0.717) is 0 Å². The zero-order valence-corrected chi connectivity index (χ0v) is 9.42. The number of nitrogens with one attached hydrogen (secondary N) is 1. The maximum Gasteiger partial charge on any atom is 0.133 e. The molecular formula is C11H13N3S. The number of hydrogen-bond acceptors (Lipinski definition) is 4. The summed E-state index contributed by atoms with van der Waals surface area (Å²) in [5, 5.41) is 5.15. The molecule has 0 unspecified atom stereocenters. The first-order chi connectivity index (χ1) is 7.38. The van der Waals surface area contributed by atoms with Crippen LogP contribution in [-0.4, -0.2) is 17.0 Å². The average molecular weight is 219 g/mol. The molecule has 0 aliphatic carbocycles. The highest BCUT2D eigenvalue weighted by molar-refractivity contribution is 7.09. The molecule has 4 heteroatoms. The van der Waals surface area contributed by atoms with Crippen molar-refractivity contribution in [3.05, 3.63) is 46.2 Å². The van der Waals surface area contributed by atoms with Crippen LogP contribution in [0.15, 0.2) is 29.9 Å². The summed E-state index contributed by atoms with van der Waals surface area (Å²) in [6, 6.07) is 4.16. The van der Waals surface area contributed by atoms with Gasteiger partial charge in [0.1, 0.15) is 5.82 Å². The van der Waals surface area contributed by atoms with Gasteiger partial charge < -0.3 is 5.32 Å². The van der Waals surface area contributed by atoms with Crippen LogP contribution in [0.1, 0.15) is 16.3 Å². The SMILES string of the molecule is CNCc1cnc(Cc2cccs2)nc1. The van der Waals surface area contributed by atoms with Crippen LogP contribution >= 0.6 is 11.3 Å². The van der Waals surface area contributed by atoms with Crippen LogP contribution in [0, 0.1) is 0 Å². The van der Waals surface area contributed by atoms with Crippen molar-refractivity contribution in [3.8, 4) is 0 Å². The van der Waals surface area contributed by atoms with Crippen LogP contribution in [0.5, 0.6) is 0 Å². The molecule has 1 N–H and O–H groups in total. The molecule has 0 atom stereocenters. The van der Waals surface area contributed by atoms with Crippen molar-refractivity contribution in [2.45, 2.75) is 13.0 Å². The van der Waals surface area contributed by atoms with E-state index in [1.807, 2.05) is 19.4 Å². The monoisotopic (exact) mass is 219 g/mol. The third kappa shape index (κ3) is 2.84. The standard InChI is InChI=1S/C11H13N3S/c1-12-6-9-7-13-11(14-8-9)5-10-3-2-4-15-10/h2-4,7-8,12H,5-6H2,1H3. The fourth-order valence-corrected chi connectivity index (χ4v) is 2.04. The molecule has 2 heterocycles. The molecular weight excluding hydrogens is 206 g/mol. The molecule has 0 bridgehead atoms. The molecule has 2 rings (SSSR count). The van der Waals surface area contributed by atoms with Gasteiger partial charge in [-0.3, -0.25) is 0 Å². The Morgan fingerprint density at radius 2 is 2.13 bits per heavy atom. The van der Waals surface area contributed by atoms with Crippen molar-refractivity contribution in [2.75, 3.05) is 7.05 Å². The Bertz CT molecular complexity index is 394. The van der Waals surface area contributed by atoms with E-state index in [9.17, 15) is 0 Å². The number of nitrogens with zero attached hydrogens (tertiary/aromatic N) is 2. The summed E-state index contributed by atoms with van der Waals surface area (Å²) >= 11 is 1.74. The molecule has 0 radical (unpaired) electrons. The summed E-state index contributed by atoms with van der Waals surface area (Å²) in [5.74, 6) is 0.886. The van der Waals surface area contributed by atoms with Crippen LogP contribution in [0.4, 0.5) is 0 Å². The molecule has 0 saturated carbocycles. The zero-order chi connectivity index (χ0) is 10.5. The van der Waals surface area contributed by atoms with Gasteiger partial charge in [0.15, 0.2) is 0 Å². The number of aromatic nitrogens is 2. The summed E-state index contributed by atoms with van der Waals surface area (Å²) in [4.78, 5) is 9.96. The smallest absolute Gasteiger partial charge is 0.133 e. The van der Waals surface area contributed by atoms with Crippen LogP contribution in [0.25, 0.3) is 0 Å². The molecule has 0 spiro atoms. The Hall–Kier alpha value is -1.26. The fourth-order valence-electron chi connectivity index (χ4n) is 1.34. The maximum atomic E-state index is 4.33. The summed E-state index contributed by atoms with van der Waals surface area (Å²) in [6.07, 6.45) is 4.59. The number of thiophene rings is 1. The number of hydrogen-bond donors (Lipinski definition) is 1. The van der Waals surface area contributed by atoms with Gasteiger partial charge in [0.25, 0.3) is 0 Å². The summed E-state index contributed by atoms with van der Waals surface area (Å²) in [5.41, 5.74) is 1.12. The first kappa shape index (κ1) is 10.3. The van der Waals surface area contributed by atoms with Crippen molar-refractivity contribution in [2.24, 2.45) is 0 Å². The van der Waals surface area contributed by atoms with Gasteiger partial charge in [-0.05, 0) is 18.5 Å². The molecule has 0 aromatic carbocycles. The quantitative estimate of drug-likeness (QED) is 0.852. The molecule has 78 valence electrons. The lowest BCUT2D eigenvalue weighted by atomic mass is 10.3. The van der Waals surface area contributed by atoms with Crippen molar-refractivity contribution >= 4 is 11.3 Å². The largest absolute Gasteiger partial charge is 0.316 e. The van der Waals surface area contributed by atoms with E-state index in [1.54, 1.807) is 11.3 Å². The molecule has 15 heavy (non-hydrogen) atoms. The van der Waals surface area contributed by atoms with E-state index < -0.39 is 0 Å². The van der Waals surface area contributed by atoms with E-state index in [2.05, 4.69) is 32.8 Å². The molecule has 0 fully saturated rings. The third-order valence-electron chi connectivity index (χ3n) is 2.05. The van der Waals surface area contributed by atoms with E-state index in [1.165, 1.54) is 4.88 Å². The normalized spacial score (nSPS) is 10.5. The molecule has 2 aromatic rings. The van der Waals surface area contributed by atoms with E-state index in [0.717, 1.165) is 24.4 Å². The summed E-state index contributed by atoms with van der Waals surface area (Å²) in [6.45, 7) is 0.819. The number of rotatable bonds is 4. The topological polar surface area (TPSA) is 37.8 Å². The predicted molar refractivity (Wildman–Crippen MR) is 61.9 cm³/mol. The molecule has 3 nitrogen and oxygen atoms in total. The second kappa shape index (κ2) is 5.00. The van der Waals surface area contributed by atoms with E-state index in [4.69, 9.17) is 0 Å². The Morgan fingerprint density at radius 3 is 2.73 bits per heavy atom. The summed E-state index contributed by atoms with van der Waals surface area (Å²) < 4.78 is 0. The zero-order valence-electron chi connectivity index (χ0n) is 8.60. The van der Waals surface area contributed by atoms with Gasteiger partial charge in [-0.1, -0.05) is 6.07 Å². The van der Waals surface area contributed by atoms with E-state index in [-0.39, 0.29) is 0 Å². The van der Waals surface area contributed by atoms with Gasteiger partial charge >= 0.3 is 0 Å². The van der Waals surface area contributed by atoms with Crippen molar-refractivity contribution in [3.63, 3.8) is 0 Å². The Balaban J connectivity index is 2.04. The van der Waals surface area contributed by atoms with Crippen LogP contribution < -0.4 is 5.32 Å². The van der Waals surface area contributed by atoms with Crippen LogP contribution in [-0.2, 0) is 13.0 Å². The Labute approximate surface area is 93.2 Å². The Morgan fingerprint density at radius 1 is 1.33 bits per heavy atom. The minimum atomic E-state index is 0.819. The highest BCUT2D eigenvalue weighted by Gasteiger charge is 2.00. The van der Waals surface area contributed by atoms with Crippen LogP contribution in [0.2, 0.25) is 0 Å². The minimum Gasteiger partial charge on any atom is -0.316 e. The fraction of sp³-hybridized carbons (Fsp3) is 0.273.